The summed E-state index contributed by atoms with van der Waals surface area (Å²) in [5.41, 5.74) is 13.9. The molecule has 0 fully saturated rings. The minimum atomic E-state index is -1.16. The number of nitrogens with two attached hydrogens (primary N) is 2. The van der Waals surface area contributed by atoms with Crippen LogP contribution in [0, 0.1) is 0 Å². The Kier molecular flexibility index (Phi) is 8.85. The number of hydrogen-bond donors (Lipinski definition) is 4. The zero-order valence-corrected chi connectivity index (χ0v) is 20.6. The monoisotopic (exact) mass is 514 g/mol. The molecule has 3 aromatic rings. The zero-order chi connectivity index (χ0) is 26.2. The second-order valence-corrected chi connectivity index (χ2v) is 8.00. The number of esters is 2. The van der Waals surface area contributed by atoms with E-state index < -0.39 is 23.9 Å². The van der Waals surface area contributed by atoms with Crippen molar-refractivity contribution in [2.24, 2.45) is 0 Å². The van der Waals surface area contributed by atoms with Crippen LogP contribution in [-0.4, -0.2) is 47.1 Å². The lowest BCUT2D eigenvalue weighted by atomic mass is 10.1. The third kappa shape index (κ3) is 6.51. The molecule has 0 bridgehead atoms. The van der Waals surface area contributed by atoms with Gasteiger partial charge in [0, 0.05) is 17.8 Å². The molecule has 0 aliphatic carbocycles. The molecule has 6 N–H and O–H groups in total. The van der Waals surface area contributed by atoms with Gasteiger partial charge in [-0.25, -0.2) is 9.78 Å². The first kappa shape index (κ1) is 26.5. The lowest BCUT2D eigenvalue weighted by molar-refractivity contribution is -0.152. The maximum absolute atomic E-state index is 12.7. The van der Waals surface area contributed by atoms with E-state index in [2.05, 4.69) is 20.6 Å². The normalized spacial score (nSPS) is 11.5. The van der Waals surface area contributed by atoms with E-state index >= 15 is 0 Å². The number of rotatable bonds is 10. The molecule has 0 spiro atoms. The number of hydrogen-bond acceptors (Lipinski definition) is 10. The molecule has 1 amide bonds. The van der Waals surface area contributed by atoms with Gasteiger partial charge in [-0.05, 0) is 49.7 Å². The highest BCUT2D eigenvalue weighted by atomic mass is 35.5. The van der Waals surface area contributed by atoms with Crippen LogP contribution >= 0.6 is 11.6 Å². The van der Waals surface area contributed by atoms with E-state index in [1.807, 2.05) is 6.07 Å². The number of fused-ring (bicyclic) bond motifs is 1. The van der Waals surface area contributed by atoms with Crippen LogP contribution in [0.2, 0.25) is 5.02 Å². The van der Waals surface area contributed by atoms with Gasteiger partial charge in [0.25, 0.3) is 5.91 Å². The first-order valence-electron chi connectivity index (χ1n) is 11.2. The summed E-state index contributed by atoms with van der Waals surface area (Å²) in [6.07, 6.45) is -0.327. The first-order chi connectivity index (χ1) is 17.2. The number of carbonyl (C=O) groups excluding carboxylic acids is 3. The molecular formula is C24H27ClN6O5. The Hall–Kier alpha value is -4.12. The minimum Gasteiger partial charge on any atom is -0.466 e. The number of nitrogens with zero attached hydrogens (tertiary/aromatic N) is 2. The molecule has 1 atom stereocenters. The Balaban J connectivity index is 1.66. The Morgan fingerprint density at radius 3 is 2.36 bits per heavy atom. The third-order valence-corrected chi connectivity index (χ3v) is 5.54. The zero-order valence-electron chi connectivity index (χ0n) is 19.8. The van der Waals surface area contributed by atoms with Crippen LogP contribution in [-0.2, 0) is 25.6 Å². The quantitative estimate of drug-likeness (QED) is 0.295. The summed E-state index contributed by atoms with van der Waals surface area (Å²) in [6.45, 7) is 3.94. The summed E-state index contributed by atoms with van der Waals surface area (Å²) >= 11 is 6.52. The van der Waals surface area contributed by atoms with Crippen LogP contribution in [0.3, 0.4) is 0 Å². The molecule has 36 heavy (non-hydrogen) atoms. The van der Waals surface area contributed by atoms with Crippen molar-refractivity contribution in [3.63, 3.8) is 0 Å². The van der Waals surface area contributed by atoms with E-state index in [4.69, 9.17) is 32.5 Å². The van der Waals surface area contributed by atoms with Crippen LogP contribution in [0.1, 0.15) is 36.2 Å². The maximum Gasteiger partial charge on any atom is 0.329 e. The molecule has 12 heteroatoms. The Morgan fingerprint density at radius 1 is 1.00 bits per heavy atom. The number of ether oxygens (including phenoxy) is 2. The summed E-state index contributed by atoms with van der Waals surface area (Å²) in [7, 11) is 0. The van der Waals surface area contributed by atoms with Crippen molar-refractivity contribution in [3.05, 3.63) is 52.5 Å². The minimum absolute atomic E-state index is 0.0699. The second-order valence-electron chi connectivity index (χ2n) is 7.62. The van der Waals surface area contributed by atoms with Crippen molar-refractivity contribution in [2.75, 3.05) is 30.0 Å². The number of aromatic nitrogens is 2. The van der Waals surface area contributed by atoms with Crippen LogP contribution in [0.15, 0.2) is 36.4 Å². The fourth-order valence-corrected chi connectivity index (χ4v) is 3.73. The SMILES string of the molecule is CCOC(=O)C[C@H](NC(=O)c1ccc(NCc2ccc3nc(N)nc(N)c3c2Cl)cc1)C(=O)OCC. The summed E-state index contributed by atoms with van der Waals surface area (Å²) in [6, 6.07) is 8.98. The molecule has 3 rings (SSSR count). The molecule has 0 aliphatic heterocycles. The highest BCUT2D eigenvalue weighted by Crippen LogP contribution is 2.30. The van der Waals surface area contributed by atoms with Crippen molar-refractivity contribution in [3.8, 4) is 0 Å². The van der Waals surface area contributed by atoms with Crippen LogP contribution in [0.5, 0.6) is 0 Å². The van der Waals surface area contributed by atoms with E-state index in [1.165, 1.54) is 0 Å². The number of nitrogen functional groups attached to an aromatic ring is 2. The Bertz CT molecular complexity index is 1270. The average molecular weight is 515 g/mol. The number of anilines is 3. The molecule has 0 unspecified atom stereocenters. The molecule has 2 aromatic carbocycles. The van der Waals surface area contributed by atoms with Crippen molar-refractivity contribution in [1.29, 1.82) is 0 Å². The summed E-state index contributed by atoms with van der Waals surface area (Å²) < 4.78 is 9.83. The summed E-state index contributed by atoms with van der Waals surface area (Å²) in [4.78, 5) is 44.8. The molecule has 0 saturated carbocycles. The van der Waals surface area contributed by atoms with E-state index in [-0.39, 0.29) is 31.4 Å². The van der Waals surface area contributed by atoms with Gasteiger partial charge < -0.3 is 31.6 Å². The molecular weight excluding hydrogens is 488 g/mol. The van der Waals surface area contributed by atoms with E-state index in [0.717, 1.165) is 11.3 Å². The van der Waals surface area contributed by atoms with Crippen molar-refractivity contribution < 1.29 is 23.9 Å². The third-order valence-electron chi connectivity index (χ3n) is 5.11. The first-order valence-corrected chi connectivity index (χ1v) is 11.6. The maximum atomic E-state index is 12.7. The molecule has 0 aliphatic rings. The van der Waals surface area contributed by atoms with Crippen LogP contribution in [0.4, 0.5) is 17.5 Å². The van der Waals surface area contributed by atoms with Crippen molar-refractivity contribution in [2.45, 2.75) is 32.9 Å². The van der Waals surface area contributed by atoms with Crippen molar-refractivity contribution in [1.82, 2.24) is 15.3 Å². The predicted octanol–water partition coefficient (Wildman–Crippen LogP) is 2.67. The summed E-state index contributed by atoms with van der Waals surface area (Å²) in [5, 5.41) is 6.70. The fourth-order valence-electron chi connectivity index (χ4n) is 3.41. The number of halogens is 1. The lowest BCUT2D eigenvalue weighted by Crippen LogP contribution is -2.43. The van der Waals surface area contributed by atoms with Gasteiger partial charge in [-0.2, -0.15) is 4.98 Å². The van der Waals surface area contributed by atoms with Gasteiger partial charge in [-0.15, -0.1) is 0 Å². The molecule has 11 nitrogen and oxygen atoms in total. The standard InChI is InChI=1S/C24H27ClN6O5/c1-3-35-18(32)11-17(23(34)36-4-2)29-22(33)13-5-8-15(9-6-13)28-12-14-7-10-16-19(20(14)25)21(26)31-24(27)30-16/h5-10,17,28H,3-4,11-12H2,1-2H3,(H,29,33)(H4,26,27,30,31)/t17-/m0/s1. The second kappa shape index (κ2) is 12.0. The number of carbonyl (C=O) groups is 3. The Labute approximate surface area is 212 Å². The molecule has 1 heterocycles. The molecule has 0 saturated heterocycles. The average Bonchev–Trinajstić information content (AvgIpc) is 2.83. The summed E-state index contributed by atoms with van der Waals surface area (Å²) in [5.74, 6) is -1.58. The molecule has 190 valence electrons. The largest absolute Gasteiger partial charge is 0.466 e. The van der Waals surface area contributed by atoms with Crippen LogP contribution in [0.25, 0.3) is 10.9 Å². The van der Waals surface area contributed by atoms with Gasteiger partial charge in [0.15, 0.2) is 0 Å². The van der Waals surface area contributed by atoms with Crippen LogP contribution < -0.4 is 22.1 Å². The lowest BCUT2D eigenvalue weighted by Gasteiger charge is -2.17. The fraction of sp³-hybridized carbons (Fsp3) is 0.292. The van der Waals surface area contributed by atoms with Gasteiger partial charge in [0.2, 0.25) is 5.95 Å². The smallest absolute Gasteiger partial charge is 0.329 e. The van der Waals surface area contributed by atoms with Gasteiger partial charge in [0.05, 0.1) is 35.6 Å². The van der Waals surface area contributed by atoms with E-state index in [0.29, 0.717) is 28.0 Å². The van der Waals surface area contributed by atoms with Gasteiger partial charge in [0.1, 0.15) is 11.9 Å². The van der Waals surface area contributed by atoms with E-state index in [1.54, 1.807) is 44.2 Å². The number of amides is 1. The molecule has 1 aromatic heterocycles. The van der Waals surface area contributed by atoms with E-state index in [9.17, 15) is 14.4 Å². The topological polar surface area (TPSA) is 172 Å². The van der Waals surface area contributed by atoms with Gasteiger partial charge >= 0.3 is 11.9 Å². The molecule has 0 radical (unpaired) electrons. The predicted molar refractivity (Wildman–Crippen MR) is 136 cm³/mol. The Morgan fingerprint density at radius 2 is 1.69 bits per heavy atom. The van der Waals surface area contributed by atoms with Gasteiger partial charge in [-0.1, -0.05) is 17.7 Å². The van der Waals surface area contributed by atoms with Gasteiger partial charge in [-0.3, -0.25) is 9.59 Å². The number of nitrogens with one attached hydrogen (secondary N) is 2. The van der Waals surface area contributed by atoms with Crippen molar-refractivity contribution >= 4 is 57.8 Å². The highest BCUT2D eigenvalue weighted by molar-refractivity contribution is 6.37. The highest BCUT2D eigenvalue weighted by Gasteiger charge is 2.26. The number of benzene rings is 2.